The third-order valence-electron chi connectivity index (χ3n) is 3.23. The van der Waals surface area contributed by atoms with Crippen molar-refractivity contribution in [2.45, 2.75) is 53.4 Å². The molecule has 2 nitrogen and oxygen atoms in total. The molecular weight excluding hydrogens is 198 g/mol. The molecule has 0 aromatic rings. The molecule has 0 bridgehead atoms. The minimum Gasteiger partial charge on any atom is -0.381 e. The van der Waals surface area contributed by atoms with Gasteiger partial charge in [-0.1, -0.05) is 34.1 Å². The number of hydrogen-bond acceptors (Lipinski definition) is 2. The third kappa shape index (κ3) is 5.31. The van der Waals surface area contributed by atoms with Crippen molar-refractivity contribution in [2.24, 2.45) is 5.41 Å². The highest BCUT2D eigenvalue weighted by molar-refractivity contribution is 4.87. The molecule has 0 N–H and O–H groups in total. The molecule has 2 fully saturated rings. The summed E-state index contributed by atoms with van der Waals surface area (Å²) in [5.74, 6) is 0. The van der Waals surface area contributed by atoms with Crippen LogP contribution < -0.4 is 0 Å². The maximum absolute atomic E-state index is 5.45. The van der Waals surface area contributed by atoms with Crippen LogP contribution in [0.3, 0.4) is 0 Å². The summed E-state index contributed by atoms with van der Waals surface area (Å²) in [5, 5.41) is 0. The van der Waals surface area contributed by atoms with E-state index in [4.69, 9.17) is 4.74 Å². The molecule has 0 aromatic heterocycles. The first kappa shape index (κ1) is 15.9. The standard InChI is InChI=1S/C9H17NO.C3H8.C2H6/c1-10-5-2-9(3-6-10)4-7-11-8-9;1-3-2;1-2/h2-8H2,1H3;3H2,1-2H3;1-2H3. The van der Waals surface area contributed by atoms with Gasteiger partial charge in [-0.2, -0.15) is 0 Å². The second-order valence-corrected chi connectivity index (χ2v) is 4.81. The van der Waals surface area contributed by atoms with E-state index < -0.39 is 0 Å². The van der Waals surface area contributed by atoms with Gasteiger partial charge < -0.3 is 9.64 Å². The van der Waals surface area contributed by atoms with Gasteiger partial charge in [-0.25, -0.2) is 0 Å². The van der Waals surface area contributed by atoms with Crippen LogP contribution in [-0.4, -0.2) is 38.3 Å². The molecular formula is C14H31NO. The van der Waals surface area contributed by atoms with E-state index in [0.717, 1.165) is 13.2 Å². The van der Waals surface area contributed by atoms with Gasteiger partial charge in [0.15, 0.2) is 0 Å². The van der Waals surface area contributed by atoms with E-state index in [1.165, 1.54) is 38.8 Å². The average Bonchev–Trinajstić information content (AvgIpc) is 2.76. The summed E-state index contributed by atoms with van der Waals surface area (Å²) in [6.45, 7) is 12.8. The van der Waals surface area contributed by atoms with Crippen LogP contribution in [0.25, 0.3) is 0 Å². The summed E-state index contributed by atoms with van der Waals surface area (Å²) in [5.41, 5.74) is 0.590. The van der Waals surface area contributed by atoms with Crippen molar-refractivity contribution in [3.63, 3.8) is 0 Å². The smallest absolute Gasteiger partial charge is 0.0524 e. The highest BCUT2D eigenvalue weighted by Crippen LogP contribution is 2.38. The van der Waals surface area contributed by atoms with Gasteiger partial charge in [-0.05, 0) is 44.8 Å². The minimum absolute atomic E-state index is 0.590. The molecule has 0 aliphatic carbocycles. The van der Waals surface area contributed by atoms with Gasteiger partial charge in [-0.15, -0.1) is 0 Å². The second kappa shape index (κ2) is 9.00. The summed E-state index contributed by atoms with van der Waals surface area (Å²) in [7, 11) is 2.21. The Labute approximate surface area is 102 Å². The van der Waals surface area contributed by atoms with E-state index in [1.807, 2.05) is 13.8 Å². The fourth-order valence-corrected chi connectivity index (χ4v) is 2.14. The van der Waals surface area contributed by atoms with Gasteiger partial charge in [0.25, 0.3) is 0 Å². The van der Waals surface area contributed by atoms with Crippen LogP contribution in [0.15, 0.2) is 0 Å². The Morgan fingerprint density at radius 3 is 1.94 bits per heavy atom. The molecule has 98 valence electrons. The molecule has 0 saturated carbocycles. The highest BCUT2D eigenvalue weighted by Gasteiger charge is 2.36. The zero-order valence-corrected chi connectivity index (χ0v) is 12.0. The molecule has 0 amide bonds. The first-order valence-electron chi connectivity index (χ1n) is 6.99. The summed E-state index contributed by atoms with van der Waals surface area (Å²) in [6.07, 6.45) is 5.26. The van der Waals surface area contributed by atoms with Crippen molar-refractivity contribution in [3.05, 3.63) is 0 Å². The topological polar surface area (TPSA) is 12.5 Å². The van der Waals surface area contributed by atoms with Crippen LogP contribution in [0.1, 0.15) is 53.4 Å². The summed E-state index contributed by atoms with van der Waals surface area (Å²) in [6, 6.07) is 0. The Hall–Kier alpha value is -0.0800. The predicted molar refractivity (Wildman–Crippen MR) is 71.9 cm³/mol. The zero-order chi connectivity index (χ0) is 12.4. The lowest BCUT2D eigenvalue weighted by Gasteiger charge is -2.36. The fourth-order valence-electron chi connectivity index (χ4n) is 2.14. The first-order valence-corrected chi connectivity index (χ1v) is 6.99. The molecule has 2 aliphatic heterocycles. The van der Waals surface area contributed by atoms with Crippen LogP contribution in [0.5, 0.6) is 0 Å². The normalized spacial score (nSPS) is 23.1. The monoisotopic (exact) mass is 229 g/mol. The van der Waals surface area contributed by atoms with Crippen molar-refractivity contribution in [1.29, 1.82) is 0 Å². The molecule has 0 unspecified atom stereocenters. The van der Waals surface area contributed by atoms with Crippen molar-refractivity contribution in [3.8, 4) is 0 Å². The molecule has 0 atom stereocenters. The van der Waals surface area contributed by atoms with Crippen LogP contribution in [0, 0.1) is 5.41 Å². The lowest BCUT2D eigenvalue weighted by Crippen LogP contribution is -2.38. The van der Waals surface area contributed by atoms with Gasteiger partial charge in [0, 0.05) is 6.61 Å². The number of ether oxygens (including phenoxy) is 1. The van der Waals surface area contributed by atoms with E-state index in [2.05, 4.69) is 25.8 Å². The minimum atomic E-state index is 0.590. The zero-order valence-electron chi connectivity index (χ0n) is 12.0. The maximum atomic E-state index is 5.45. The Kier molecular flexibility index (Phi) is 8.96. The largest absolute Gasteiger partial charge is 0.381 e. The van der Waals surface area contributed by atoms with Crippen molar-refractivity contribution < 1.29 is 4.74 Å². The molecule has 2 heterocycles. The van der Waals surface area contributed by atoms with Gasteiger partial charge in [0.2, 0.25) is 0 Å². The Morgan fingerprint density at radius 2 is 1.56 bits per heavy atom. The summed E-state index contributed by atoms with van der Waals surface area (Å²) >= 11 is 0. The molecule has 2 rings (SSSR count). The third-order valence-corrected chi connectivity index (χ3v) is 3.23. The van der Waals surface area contributed by atoms with Crippen molar-refractivity contribution >= 4 is 0 Å². The lowest BCUT2D eigenvalue weighted by atomic mass is 9.78. The van der Waals surface area contributed by atoms with Crippen LogP contribution >= 0.6 is 0 Å². The fraction of sp³-hybridized carbons (Fsp3) is 1.00. The number of piperidine rings is 1. The number of rotatable bonds is 0. The molecule has 16 heavy (non-hydrogen) atoms. The molecule has 0 aromatic carbocycles. The highest BCUT2D eigenvalue weighted by atomic mass is 16.5. The van der Waals surface area contributed by atoms with E-state index in [-0.39, 0.29) is 0 Å². The van der Waals surface area contributed by atoms with Gasteiger partial charge in [0.1, 0.15) is 0 Å². The SMILES string of the molecule is CC.CCC.CN1CCC2(CCOC2)CC1. The van der Waals surface area contributed by atoms with Gasteiger partial charge >= 0.3 is 0 Å². The summed E-state index contributed by atoms with van der Waals surface area (Å²) < 4.78 is 5.45. The lowest BCUT2D eigenvalue weighted by molar-refractivity contribution is 0.0921. The van der Waals surface area contributed by atoms with E-state index >= 15 is 0 Å². The van der Waals surface area contributed by atoms with Crippen molar-refractivity contribution in [1.82, 2.24) is 4.90 Å². The number of hydrogen-bond donors (Lipinski definition) is 0. The van der Waals surface area contributed by atoms with E-state index in [0.29, 0.717) is 5.41 Å². The number of nitrogens with zero attached hydrogens (tertiary/aromatic N) is 1. The Bertz CT molecular complexity index is 143. The first-order chi connectivity index (χ1) is 7.72. The molecule has 2 heteroatoms. The summed E-state index contributed by atoms with van der Waals surface area (Å²) in [4.78, 5) is 2.42. The van der Waals surface area contributed by atoms with Crippen LogP contribution in [0.4, 0.5) is 0 Å². The molecule has 0 radical (unpaired) electrons. The quantitative estimate of drug-likeness (QED) is 0.630. The molecule has 2 saturated heterocycles. The predicted octanol–water partition coefficient (Wildman–Crippen LogP) is 3.56. The van der Waals surface area contributed by atoms with Crippen molar-refractivity contribution in [2.75, 3.05) is 33.4 Å². The second-order valence-electron chi connectivity index (χ2n) is 4.81. The Morgan fingerprint density at radius 1 is 1.06 bits per heavy atom. The Balaban J connectivity index is 0.000000394. The van der Waals surface area contributed by atoms with Crippen LogP contribution in [0.2, 0.25) is 0 Å². The van der Waals surface area contributed by atoms with Gasteiger partial charge in [0.05, 0.1) is 6.61 Å². The van der Waals surface area contributed by atoms with Crippen LogP contribution in [-0.2, 0) is 4.74 Å². The molecule has 1 spiro atoms. The van der Waals surface area contributed by atoms with Gasteiger partial charge in [-0.3, -0.25) is 0 Å². The molecule has 2 aliphatic rings. The van der Waals surface area contributed by atoms with E-state index in [1.54, 1.807) is 0 Å². The average molecular weight is 229 g/mol. The van der Waals surface area contributed by atoms with E-state index in [9.17, 15) is 0 Å². The number of likely N-dealkylation sites (tertiary alicyclic amines) is 1. The maximum Gasteiger partial charge on any atom is 0.0524 e.